The van der Waals surface area contributed by atoms with Crippen molar-refractivity contribution in [2.45, 2.75) is 0 Å². The Morgan fingerprint density at radius 3 is 1.88 bits per heavy atom. The SMILES string of the molecule is O=CNn1c2ccccc2c2ccccc21. The van der Waals surface area contributed by atoms with Crippen LogP contribution in [0.15, 0.2) is 48.5 Å². The van der Waals surface area contributed by atoms with Gasteiger partial charge in [-0.05, 0) is 12.1 Å². The molecule has 1 N–H and O–H groups in total. The van der Waals surface area contributed by atoms with Gasteiger partial charge in [0.05, 0.1) is 11.0 Å². The summed E-state index contributed by atoms with van der Waals surface area (Å²) in [7, 11) is 0. The summed E-state index contributed by atoms with van der Waals surface area (Å²) in [6.45, 7) is 0. The van der Waals surface area contributed by atoms with Crippen LogP contribution < -0.4 is 5.43 Å². The standard InChI is InChI=1S/C13H10N2O/c16-9-14-15-12-7-3-1-5-10(12)11-6-2-4-8-13(11)15/h1-9H,(H,14,16). The largest absolute Gasteiger partial charge is 0.277 e. The van der Waals surface area contributed by atoms with Crippen LogP contribution in [-0.2, 0) is 4.79 Å². The molecule has 2 aromatic carbocycles. The Balaban J connectivity index is 2.53. The molecule has 1 aromatic heterocycles. The molecule has 0 saturated carbocycles. The molecule has 16 heavy (non-hydrogen) atoms. The highest BCUT2D eigenvalue weighted by atomic mass is 16.1. The van der Waals surface area contributed by atoms with Gasteiger partial charge in [-0.3, -0.25) is 14.9 Å². The molecule has 0 atom stereocenters. The molecule has 0 saturated heterocycles. The maximum Gasteiger partial charge on any atom is 0.226 e. The zero-order chi connectivity index (χ0) is 11.0. The number of rotatable bonds is 2. The van der Waals surface area contributed by atoms with Gasteiger partial charge in [-0.1, -0.05) is 36.4 Å². The molecule has 3 rings (SSSR count). The van der Waals surface area contributed by atoms with Crippen LogP contribution in [-0.4, -0.2) is 11.1 Å². The fourth-order valence-corrected chi connectivity index (χ4v) is 2.11. The fraction of sp³-hybridized carbons (Fsp3) is 0. The summed E-state index contributed by atoms with van der Waals surface area (Å²) in [4.78, 5) is 10.6. The Labute approximate surface area is 92.3 Å². The molecule has 0 aliphatic carbocycles. The monoisotopic (exact) mass is 210 g/mol. The number of carbonyl (C=O) groups is 1. The second-order valence-corrected chi connectivity index (χ2v) is 3.62. The van der Waals surface area contributed by atoms with E-state index in [9.17, 15) is 4.79 Å². The van der Waals surface area contributed by atoms with E-state index in [0.29, 0.717) is 6.41 Å². The van der Waals surface area contributed by atoms with Gasteiger partial charge in [0.2, 0.25) is 6.41 Å². The Kier molecular flexibility index (Phi) is 1.90. The number of hydrogen-bond donors (Lipinski definition) is 1. The van der Waals surface area contributed by atoms with Gasteiger partial charge in [0.15, 0.2) is 0 Å². The second-order valence-electron chi connectivity index (χ2n) is 3.62. The van der Waals surface area contributed by atoms with E-state index in [4.69, 9.17) is 0 Å². The number of hydrogen-bond acceptors (Lipinski definition) is 1. The van der Waals surface area contributed by atoms with E-state index in [-0.39, 0.29) is 0 Å². The van der Waals surface area contributed by atoms with Crippen LogP contribution in [0.1, 0.15) is 0 Å². The third-order valence-electron chi connectivity index (χ3n) is 2.76. The number of fused-ring (bicyclic) bond motifs is 3. The molecule has 0 aliphatic rings. The van der Waals surface area contributed by atoms with Gasteiger partial charge in [-0.15, -0.1) is 0 Å². The first kappa shape index (κ1) is 8.97. The Hall–Kier alpha value is -2.29. The molecular formula is C13H10N2O. The van der Waals surface area contributed by atoms with Crippen molar-refractivity contribution in [3.8, 4) is 0 Å². The second kappa shape index (κ2) is 3.38. The van der Waals surface area contributed by atoms with Gasteiger partial charge in [-0.25, -0.2) is 0 Å². The van der Waals surface area contributed by atoms with Crippen LogP contribution in [0.5, 0.6) is 0 Å². The van der Waals surface area contributed by atoms with E-state index in [1.165, 1.54) is 0 Å². The molecule has 0 fully saturated rings. The van der Waals surface area contributed by atoms with Crippen LogP contribution in [0.2, 0.25) is 0 Å². The Bertz CT molecular complexity index is 617. The van der Waals surface area contributed by atoms with Crippen LogP contribution in [0.25, 0.3) is 21.8 Å². The van der Waals surface area contributed by atoms with Crippen molar-refractivity contribution in [2.24, 2.45) is 0 Å². The topological polar surface area (TPSA) is 34.0 Å². The lowest BCUT2D eigenvalue weighted by Crippen LogP contribution is -2.11. The zero-order valence-electron chi connectivity index (χ0n) is 8.55. The van der Waals surface area contributed by atoms with Gasteiger partial charge < -0.3 is 0 Å². The fourth-order valence-electron chi connectivity index (χ4n) is 2.11. The van der Waals surface area contributed by atoms with Gasteiger partial charge in [0.1, 0.15) is 0 Å². The average molecular weight is 210 g/mol. The number of nitrogens with one attached hydrogen (secondary N) is 1. The number of carbonyl (C=O) groups excluding carboxylic acids is 1. The number of amides is 1. The molecule has 78 valence electrons. The minimum atomic E-state index is 0.693. The third kappa shape index (κ3) is 1.11. The predicted octanol–water partition coefficient (Wildman–Crippen LogP) is 2.49. The first-order valence-electron chi connectivity index (χ1n) is 5.10. The molecule has 0 bridgehead atoms. The van der Waals surface area contributed by atoms with Crippen molar-refractivity contribution in [3.63, 3.8) is 0 Å². The normalized spacial score (nSPS) is 10.8. The molecule has 1 heterocycles. The molecule has 3 aromatic rings. The van der Waals surface area contributed by atoms with Gasteiger partial charge in [-0.2, -0.15) is 0 Å². The van der Waals surface area contributed by atoms with Crippen molar-refractivity contribution in [3.05, 3.63) is 48.5 Å². The summed E-state index contributed by atoms with van der Waals surface area (Å²) >= 11 is 0. The molecular weight excluding hydrogens is 200 g/mol. The van der Waals surface area contributed by atoms with Gasteiger partial charge >= 0.3 is 0 Å². The Morgan fingerprint density at radius 2 is 1.38 bits per heavy atom. The van der Waals surface area contributed by atoms with E-state index in [1.807, 2.05) is 36.4 Å². The highest BCUT2D eigenvalue weighted by Crippen LogP contribution is 2.27. The summed E-state index contributed by atoms with van der Waals surface area (Å²) in [5, 5.41) is 2.29. The quantitative estimate of drug-likeness (QED) is 0.648. The molecule has 1 amide bonds. The summed E-state index contributed by atoms with van der Waals surface area (Å²) in [6, 6.07) is 16.0. The molecule has 0 radical (unpaired) electrons. The van der Waals surface area contributed by atoms with E-state index >= 15 is 0 Å². The average Bonchev–Trinajstić information content (AvgIpc) is 2.66. The summed E-state index contributed by atoms with van der Waals surface area (Å²) in [5.74, 6) is 0. The van der Waals surface area contributed by atoms with Crippen LogP contribution in [0.3, 0.4) is 0 Å². The minimum Gasteiger partial charge on any atom is -0.277 e. The molecule has 0 aliphatic heterocycles. The number of nitrogens with zero attached hydrogens (tertiary/aromatic N) is 1. The van der Waals surface area contributed by atoms with Crippen molar-refractivity contribution in [2.75, 3.05) is 5.43 Å². The Morgan fingerprint density at radius 1 is 0.875 bits per heavy atom. The lowest BCUT2D eigenvalue weighted by Gasteiger charge is -2.03. The number of aromatic nitrogens is 1. The summed E-state index contributed by atoms with van der Waals surface area (Å²) < 4.78 is 1.80. The first-order valence-corrected chi connectivity index (χ1v) is 5.10. The van der Waals surface area contributed by atoms with Crippen LogP contribution in [0, 0.1) is 0 Å². The maximum atomic E-state index is 10.6. The smallest absolute Gasteiger partial charge is 0.226 e. The van der Waals surface area contributed by atoms with E-state index in [2.05, 4.69) is 17.6 Å². The highest BCUT2D eigenvalue weighted by molar-refractivity contribution is 6.08. The number of benzene rings is 2. The summed E-state index contributed by atoms with van der Waals surface area (Å²) in [5.41, 5.74) is 4.73. The van der Waals surface area contributed by atoms with Gasteiger partial charge in [0, 0.05) is 10.8 Å². The highest BCUT2D eigenvalue weighted by Gasteiger charge is 2.07. The molecule has 0 unspecified atom stereocenters. The maximum absolute atomic E-state index is 10.6. The molecule has 3 heteroatoms. The molecule has 0 spiro atoms. The van der Waals surface area contributed by atoms with E-state index < -0.39 is 0 Å². The predicted molar refractivity (Wildman–Crippen MR) is 64.9 cm³/mol. The van der Waals surface area contributed by atoms with Crippen LogP contribution in [0.4, 0.5) is 0 Å². The lowest BCUT2D eigenvalue weighted by atomic mass is 10.2. The lowest BCUT2D eigenvalue weighted by molar-refractivity contribution is -0.106. The van der Waals surface area contributed by atoms with Crippen molar-refractivity contribution >= 4 is 28.2 Å². The molecule has 3 nitrogen and oxygen atoms in total. The van der Waals surface area contributed by atoms with Crippen molar-refractivity contribution < 1.29 is 4.79 Å². The van der Waals surface area contributed by atoms with E-state index in [0.717, 1.165) is 21.8 Å². The number of para-hydroxylation sites is 2. The third-order valence-corrected chi connectivity index (χ3v) is 2.76. The summed E-state index contributed by atoms with van der Waals surface area (Å²) in [6.07, 6.45) is 0.693. The zero-order valence-corrected chi connectivity index (χ0v) is 8.55. The first-order chi connectivity index (χ1) is 7.92. The van der Waals surface area contributed by atoms with Crippen molar-refractivity contribution in [1.29, 1.82) is 0 Å². The van der Waals surface area contributed by atoms with Crippen LogP contribution >= 0.6 is 0 Å². The van der Waals surface area contributed by atoms with Gasteiger partial charge in [0.25, 0.3) is 0 Å². The minimum absolute atomic E-state index is 0.693. The van der Waals surface area contributed by atoms with E-state index in [1.54, 1.807) is 4.68 Å². The van der Waals surface area contributed by atoms with Crippen molar-refractivity contribution in [1.82, 2.24) is 4.68 Å².